The highest BCUT2D eigenvalue weighted by atomic mass is 28.4. The summed E-state index contributed by atoms with van der Waals surface area (Å²) in [6, 6.07) is 25.4. The van der Waals surface area contributed by atoms with Crippen molar-refractivity contribution in [2.45, 2.75) is 128 Å². The second-order valence-electron chi connectivity index (χ2n) is 17.3. The molecule has 0 unspecified atom stereocenters. The summed E-state index contributed by atoms with van der Waals surface area (Å²) in [5, 5.41) is 10.7. The summed E-state index contributed by atoms with van der Waals surface area (Å²) >= 11 is 0. The summed E-state index contributed by atoms with van der Waals surface area (Å²) in [7, 11) is -2.95. The fourth-order valence-corrected chi connectivity index (χ4v) is 12.8. The van der Waals surface area contributed by atoms with Crippen molar-refractivity contribution in [3.63, 3.8) is 0 Å². The van der Waals surface area contributed by atoms with Crippen molar-refractivity contribution in [1.82, 2.24) is 20.9 Å². The number of hydrogen-bond donors (Lipinski definition) is 3. The fraction of sp³-hybridized carbons (Fsp3) is 0.438. The molecule has 0 spiro atoms. The maximum atomic E-state index is 14.2. The van der Waals surface area contributed by atoms with E-state index in [0.29, 0.717) is 32.2 Å². The first-order valence-electron chi connectivity index (χ1n) is 21.0. The number of hydrogen-bond acceptors (Lipinski definition) is 6. The molecule has 2 heterocycles. The Morgan fingerprint density at radius 1 is 0.932 bits per heavy atom. The normalized spacial score (nSPS) is 22.4. The largest absolute Gasteiger partial charge is 0.397 e. The van der Waals surface area contributed by atoms with Crippen LogP contribution in [0.2, 0.25) is 5.04 Å². The monoisotopic (exact) mass is 818 g/mol. The topological polar surface area (TPSA) is 134 Å². The molecule has 5 rings (SSSR count). The fourth-order valence-electron chi connectivity index (χ4n) is 8.17. The summed E-state index contributed by atoms with van der Waals surface area (Å²) in [6.45, 7) is 18.0. The Morgan fingerprint density at radius 3 is 2.10 bits per heavy atom. The van der Waals surface area contributed by atoms with E-state index >= 15 is 0 Å². The van der Waals surface area contributed by atoms with Crippen LogP contribution in [0.15, 0.2) is 104 Å². The zero-order valence-corrected chi connectivity index (χ0v) is 36.8. The van der Waals surface area contributed by atoms with Crippen molar-refractivity contribution in [1.29, 1.82) is 0 Å². The number of carbonyl (C=O) groups is 5. The number of unbranched alkanes of at least 4 members (excludes halogenated alkanes) is 1. The third kappa shape index (κ3) is 10.4. The first-order valence-corrected chi connectivity index (χ1v) is 22.9. The van der Waals surface area contributed by atoms with Crippen LogP contribution < -0.4 is 26.3 Å². The van der Waals surface area contributed by atoms with E-state index < -0.39 is 55.8 Å². The molecule has 2 fully saturated rings. The van der Waals surface area contributed by atoms with E-state index in [1.807, 2.05) is 67.6 Å². The minimum absolute atomic E-state index is 0.159. The predicted octanol–water partition coefficient (Wildman–Crippen LogP) is 5.78. The van der Waals surface area contributed by atoms with Gasteiger partial charge < -0.3 is 25.3 Å². The van der Waals surface area contributed by atoms with Gasteiger partial charge in [-0.3, -0.25) is 24.0 Å². The highest BCUT2D eigenvalue weighted by Crippen LogP contribution is 2.37. The van der Waals surface area contributed by atoms with Crippen LogP contribution in [0.4, 0.5) is 0 Å². The van der Waals surface area contributed by atoms with Gasteiger partial charge in [-0.1, -0.05) is 131 Å². The standard InChI is InChI=1S/C48H62N4O6Si/c1-9-48(8)46(57)50-40(32-35-27-29-36(30-28-35)33(2)3)45(56)52-31-19-25-41(52)44(55)49-39(43(54)51-48)24-17-12-18-26-42(53)34(4)58-59(47(5,6)7,37-20-13-10-14-21-37)38-22-15-11-16-23-38/h10-11,13-16,18,20-23,26-30,34,39-41H,2,9,12,17,19,24-25,31-32H2,1,3-8H3,(H,49,55)(H,50,57)(H,51,54)/b26-18+/t34-,39-,40-,41+,48-/m0/s1. The Morgan fingerprint density at radius 2 is 1.54 bits per heavy atom. The van der Waals surface area contributed by atoms with Crippen LogP contribution in [0.3, 0.4) is 0 Å². The van der Waals surface area contributed by atoms with Crippen LogP contribution in [0.25, 0.3) is 5.57 Å². The van der Waals surface area contributed by atoms with Crippen LogP contribution in [0.5, 0.6) is 0 Å². The molecule has 11 heteroatoms. The molecule has 0 aliphatic carbocycles. The van der Waals surface area contributed by atoms with E-state index in [-0.39, 0.29) is 36.0 Å². The van der Waals surface area contributed by atoms with Crippen LogP contribution in [0, 0.1) is 0 Å². The lowest BCUT2D eigenvalue weighted by atomic mass is 9.94. The number of rotatable bonds is 14. The number of nitrogens with zero attached hydrogens (tertiary/aromatic N) is 1. The van der Waals surface area contributed by atoms with Crippen molar-refractivity contribution in [3.8, 4) is 0 Å². The zero-order chi connectivity index (χ0) is 43.0. The molecule has 314 valence electrons. The van der Waals surface area contributed by atoms with Crippen molar-refractivity contribution >= 4 is 53.7 Å². The Hall–Kier alpha value is -5.13. The number of amides is 4. The van der Waals surface area contributed by atoms with Crippen LogP contribution in [0.1, 0.15) is 98.1 Å². The van der Waals surface area contributed by atoms with Gasteiger partial charge in [0.2, 0.25) is 23.6 Å². The van der Waals surface area contributed by atoms with Crippen LogP contribution >= 0.6 is 0 Å². The Labute approximate surface area is 351 Å². The predicted molar refractivity (Wildman–Crippen MR) is 236 cm³/mol. The number of allylic oxidation sites excluding steroid dienone is 2. The highest BCUT2D eigenvalue weighted by molar-refractivity contribution is 6.99. The van der Waals surface area contributed by atoms with Gasteiger partial charge in [0.05, 0.1) is 0 Å². The quantitative estimate of drug-likeness (QED) is 0.107. The molecule has 2 aliphatic heterocycles. The second kappa shape index (κ2) is 19.3. The molecule has 3 N–H and O–H groups in total. The van der Waals surface area contributed by atoms with E-state index in [4.69, 9.17) is 4.43 Å². The van der Waals surface area contributed by atoms with Gasteiger partial charge in [0.25, 0.3) is 8.32 Å². The Balaban J connectivity index is 1.29. The van der Waals surface area contributed by atoms with Crippen molar-refractivity contribution in [2.75, 3.05) is 6.54 Å². The van der Waals surface area contributed by atoms with Gasteiger partial charge in [-0.05, 0) is 91.9 Å². The van der Waals surface area contributed by atoms with Gasteiger partial charge in [0, 0.05) is 13.0 Å². The number of nitrogens with one attached hydrogen (secondary N) is 3. The van der Waals surface area contributed by atoms with Crippen molar-refractivity contribution < 1.29 is 28.4 Å². The average molecular weight is 819 g/mol. The van der Waals surface area contributed by atoms with E-state index in [9.17, 15) is 24.0 Å². The lowest BCUT2D eigenvalue weighted by Gasteiger charge is -2.44. The molecule has 59 heavy (non-hydrogen) atoms. The van der Waals surface area contributed by atoms with Crippen LogP contribution in [-0.2, 0) is 34.8 Å². The van der Waals surface area contributed by atoms with Crippen molar-refractivity contribution in [2.24, 2.45) is 0 Å². The van der Waals surface area contributed by atoms with Gasteiger partial charge in [-0.2, -0.15) is 0 Å². The lowest BCUT2D eigenvalue weighted by Crippen LogP contribution is -2.68. The Bertz CT molecular complexity index is 1970. The smallest absolute Gasteiger partial charge is 0.262 e. The third-order valence-corrected chi connectivity index (χ3v) is 17.0. The molecule has 10 nitrogen and oxygen atoms in total. The molecule has 0 bridgehead atoms. The number of benzene rings is 3. The molecular weight excluding hydrogens is 757 g/mol. The van der Waals surface area contributed by atoms with Crippen LogP contribution in [-0.4, -0.2) is 78.9 Å². The minimum Gasteiger partial charge on any atom is -0.397 e. The highest BCUT2D eigenvalue weighted by Gasteiger charge is 2.51. The molecule has 5 atom stereocenters. The van der Waals surface area contributed by atoms with Gasteiger partial charge in [0.1, 0.15) is 29.8 Å². The van der Waals surface area contributed by atoms with E-state index in [0.717, 1.165) is 27.1 Å². The number of fused-ring (bicyclic) bond motifs is 1. The maximum Gasteiger partial charge on any atom is 0.262 e. The molecule has 4 amide bonds. The molecule has 2 aliphatic rings. The summed E-state index contributed by atoms with van der Waals surface area (Å²) in [5.74, 6) is -1.83. The SMILES string of the molecule is C=C(C)c1ccc(C[C@@H]2NC(=O)[C@](C)(CC)NC(=O)[C@H](CCC/C=C/C(=O)[C@H](C)O[Si](c3ccccc3)(c3ccccc3)C(C)(C)C)NC(=O)[C@H]3CCCN3C2=O)cc1. The maximum absolute atomic E-state index is 14.2. The minimum atomic E-state index is -2.95. The number of ketones is 1. The molecule has 3 aromatic rings. The van der Waals surface area contributed by atoms with E-state index in [1.165, 1.54) is 0 Å². The molecular formula is C48H62N4O6Si. The van der Waals surface area contributed by atoms with Gasteiger partial charge >= 0.3 is 0 Å². The second-order valence-corrected chi connectivity index (χ2v) is 21.5. The van der Waals surface area contributed by atoms with Crippen molar-refractivity contribution in [3.05, 3.63) is 115 Å². The Kier molecular flexibility index (Phi) is 14.7. The molecule has 0 radical (unpaired) electrons. The number of carbonyl (C=O) groups excluding carboxylic acids is 5. The van der Waals surface area contributed by atoms with Gasteiger partial charge in [-0.15, -0.1) is 0 Å². The van der Waals surface area contributed by atoms with E-state index in [2.05, 4.69) is 67.6 Å². The zero-order valence-electron chi connectivity index (χ0n) is 35.8. The summed E-state index contributed by atoms with van der Waals surface area (Å²) in [6.07, 6.45) is 5.37. The summed E-state index contributed by atoms with van der Waals surface area (Å²) in [5.41, 5.74) is 1.39. The molecule has 3 aromatic carbocycles. The molecule has 0 aromatic heterocycles. The molecule has 2 saturated heterocycles. The summed E-state index contributed by atoms with van der Waals surface area (Å²) in [4.78, 5) is 71.1. The first-order chi connectivity index (χ1) is 28.0. The first kappa shape index (κ1) is 45.0. The third-order valence-electron chi connectivity index (χ3n) is 11.9. The van der Waals surface area contributed by atoms with Gasteiger partial charge in [0.15, 0.2) is 5.78 Å². The molecule has 0 saturated carbocycles. The average Bonchev–Trinajstić information content (AvgIpc) is 3.72. The summed E-state index contributed by atoms with van der Waals surface area (Å²) < 4.78 is 6.98. The lowest BCUT2D eigenvalue weighted by molar-refractivity contribution is -0.144. The van der Waals surface area contributed by atoms with Gasteiger partial charge in [-0.25, -0.2) is 0 Å². The van der Waals surface area contributed by atoms with E-state index in [1.54, 1.807) is 37.8 Å².